The first kappa shape index (κ1) is 12.1. The molecular formula is C9H14N2O3S. The highest BCUT2D eigenvalue weighted by atomic mass is 32.2. The Hall–Kier alpha value is -1.01. The van der Waals surface area contributed by atoms with Crippen molar-refractivity contribution in [1.82, 2.24) is 9.78 Å². The summed E-state index contributed by atoms with van der Waals surface area (Å²) in [4.78, 5) is 10.6. The van der Waals surface area contributed by atoms with Crippen molar-refractivity contribution in [2.75, 3.05) is 5.75 Å². The highest BCUT2D eigenvalue weighted by molar-refractivity contribution is 7.99. The van der Waals surface area contributed by atoms with Crippen LogP contribution in [-0.4, -0.2) is 37.3 Å². The van der Waals surface area contributed by atoms with Gasteiger partial charge in [-0.2, -0.15) is 5.10 Å². The summed E-state index contributed by atoms with van der Waals surface area (Å²) in [7, 11) is 1.78. The zero-order valence-corrected chi connectivity index (χ0v) is 9.71. The van der Waals surface area contributed by atoms with Gasteiger partial charge in [0.05, 0.1) is 10.7 Å². The Morgan fingerprint density at radius 2 is 2.33 bits per heavy atom. The van der Waals surface area contributed by atoms with Gasteiger partial charge in [-0.05, 0) is 19.9 Å². The first-order valence-electron chi connectivity index (χ1n) is 4.42. The van der Waals surface area contributed by atoms with Crippen molar-refractivity contribution in [2.45, 2.75) is 24.5 Å². The van der Waals surface area contributed by atoms with Gasteiger partial charge < -0.3 is 10.2 Å². The molecule has 5 nitrogen and oxygen atoms in total. The second-order valence-corrected chi connectivity index (χ2v) is 4.61. The van der Waals surface area contributed by atoms with Crippen molar-refractivity contribution >= 4 is 17.7 Å². The SMILES string of the molecule is Cc1cc(SCC(C)(O)C(=O)O)n(C)n1. The molecule has 0 aliphatic heterocycles. The summed E-state index contributed by atoms with van der Waals surface area (Å²) in [6.45, 7) is 3.14. The van der Waals surface area contributed by atoms with Crippen LogP contribution in [0.1, 0.15) is 12.6 Å². The first-order chi connectivity index (χ1) is 6.83. The molecule has 0 aromatic carbocycles. The number of nitrogens with zero attached hydrogens (tertiary/aromatic N) is 2. The number of hydrogen-bond acceptors (Lipinski definition) is 4. The summed E-state index contributed by atoms with van der Waals surface area (Å²) >= 11 is 1.27. The molecule has 0 fully saturated rings. The Labute approximate surface area is 92.1 Å². The minimum atomic E-state index is -1.71. The fourth-order valence-electron chi connectivity index (χ4n) is 0.998. The van der Waals surface area contributed by atoms with Gasteiger partial charge in [0.1, 0.15) is 0 Å². The van der Waals surface area contributed by atoms with Crippen LogP contribution in [-0.2, 0) is 11.8 Å². The van der Waals surface area contributed by atoms with Crippen molar-refractivity contribution in [2.24, 2.45) is 7.05 Å². The molecule has 0 bridgehead atoms. The number of carboxylic acid groups (broad SMARTS) is 1. The van der Waals surface area contributed by atoms with Gasteiger partial charge in [-0.3, -0.25) is 4.68 Å². The number of aliphatic hydroxyl groups is 1. The third-order valence-electron chi connectivity index (χ3n) is 1.92. The number of aromatic nitrogens is 2. The number of thioether (sulfide) groups is 1. The highest BCUT2D eigenvalue weighted by Gasteiger charge is 2.30. The molecule has 1 rings (SSSR count). The van der Waals surface area contributed by atoms with E-state index in [1.807, 2.05) is 13.0 Å². The zero-order chi connectivity index (χ0) is 11.6. The van der Waals surface area contributed by atoms with Gasteiger partial charge in [0.25, 0.3) is 0 Å². The standard InChI is InChI=1S/C9H14N2O3S/c1-6-4-7(11(3)10-6)15-5-9(2,14)8(12)13/h4,14H,5H2,1-3H3,(H,12,13). The van der Waals surface area contributed by atoms with E-state index < -0.39 is 11.6 Å². The quantitative estimate of drug-likeness (QED) is 0.743. The zero-order valence-electron chi connectivity index (χ0n) is 8.89. The molecule has 6 heteroatoms. The van der Waals surface area contributed by atoms with Gasteiger partial charge in [-0.25, -0.2) is 4.79 Å². The topological polar surface area (TPSA) is 75.3 Å². The number of rotatable bonds is 4. The molecule has 0 saturated carbocycles. The molecule has 0 saturated heterocycles. The maximum Gasteiger partial charge on any atom is 0.336 e. The van der Waals surface area contributed by atoms with Crippen molar-refractivity contribution in [3.8, 4) is 0 Å². The van der Waals surface area contributed by atoms with E-state index in [0.717, 1.165) is 10.7 Å². The third-order valence-corrected chi connectivity index (χ3v) is 3.31. The Bertz CT molecular complexity index is 373. The normalized spacial score (nSPS) is 14.9. The van der Waals surface area contributed by atoms with Gasteiger partial charge in [-0.1, -0.05) is 0 Å². The smallest absolute Gasteiger partial charge is 0.336 e. The number of aryl methyl sites for hydroxylation is 2. The number of carbonyl (C=O) groups is 1. The van der Waals surface area contributed by atoms with Crippen molar-refractivity contribution < 1.29 is 15.0 Å². The van der Waals surface area contributed by atoms with Crippen LogP contribution in [0.4, 0.5) is 0 Å². The van der Waals surface area contributed by atoms with Gasteiger partial charge in [-0.15, -0.1) is 11.8 Å². The van der Waals surface area contributed by atoms with Crippen LogP contribution in [0.3, 0.4) is 0 Å². The summed E-state index contributed by atoms with van der Waals surface area (Å²) in [5, 5.41) is 23.2. The van der Waals surface area contributed by atoms with Gasteiger partial charge >= 0.3 is 5.97 Å². The van der Waals surface area contributed by atoms with Crippen LogP contribution < -0.4 is 0 Å². The van der Waals surface area contributed by atoms with Crippen LogP contribution in [0, 0.1) is 6.92 Å². The Morgan fingerprint density at radius 3 is 2.73 bits per heavy atom. The van der Waals surface area contributed by atoms with Gasteiger partial charge in [0.15, 0.2) is 5.60 Å². The first-order valence-corrected chi connectivity index (χ1v) is 5.41. The van der Waals surface area contributed by atoms with Crippen LogP contribution in [0.25, 0.3) is 0 Å². The monoisotopic (exact) mass is 230 g/mol. The second kappa shape index (κ2) is 4.24. The van der Waals surface area contributed by atoms with E-state index in [1.54, 1.807) is 11.7 Å². The molecule has 0 radical (unpaired) electrons. The average molecular weight is 230 g/mol. The predicted molar refractivity (Wildman–Crippen MR) is 56.9 cm³/mol. The molecule has 1 aromatic heterocycles. The van der Waals surface area contributed by atoms with Crippen molar-refractivity contribution in [3.63, 3.8) is 0 Å². The Kier molecular flexibility index (Phi) is 3.41. The lowest BCUT2D eigenvalue weighted by Crippen LogP contribution is -2.37. The molecule has 0 amide bonds. The summed E-state index contributed by atoms with van der Waals surface area (Å²) < 4.78 is 1.66. The molecular weight excluding hydrogens is 216 g/mol. The van der Waals surface area contributed by atoms with Crippen LogP contribution in [0.5, 0.6) is 0 Å². The summed E-state index contributed by atoms with van der Waals surface area (Å²) in [6.07, 6.45) is 0. The van der Waals surface area contributed by atoms with Crippen LogP contribution in [0.2, 0.25) is 0 Å². The molecule has 1 atom stereocenters. The second-order valence-electron chi connectivity index (χ2n) is 3.62. The van der Waals surface area contributed by atoms with Gasteiger partial charge in [0.2, 0.25) is 0 Å². The highest BCUT2D eigenvalue weighted by Crippen LogP contribution is 2.22. The largest absolute Gasteiger partial charge is 0.479 e. The number of aliphatic carboxylic acids is 1. The lowest BCUT2D eigenvalue weighted by Gasteiger charge is -2.16. The number of hydrogen-bond donors (Lipinski definition) is 2. The van der Waals surface area contributed by atoms with E-state index in [-0.39, 0.29) is 5.75 Å². The minimum Gasteiger partial charge on any atom is -0.479 e. The van der Waals surface area contributed by atoms with E-state index in [9.17, 15) is 9.90 Å². The molecule has 1 aromatic rings. The summed E-state index contributed by atoms with van der Waals surface area (Å²) in [5.74, 6) is -1.12. The Morgan fingerprint density at radius 1 is 1.73 bits per heavy atom. The molecule has 15 heavy (non-hydrogen) atoms. The minimum absolute atomic E-state index is 0.0985. The molecule has 1 unspecified atom stereocenters. The lowest BCUT2D eigenvalue weighted by atomic mass is 10.1. The van der Waals surface area contributed by atoms with E-state index in [4.69, 9.17) is 5.11 Å². The number of carboxylic acids is 1. The summed E-state index contributed by atoms with van der Waals surface area (Å²) in [6, 6.07) is 1.85. The van der Waals surface area contributed by atoms with Gasteiger partial charge in [0, 0.05) is 12.8 Å². The average Bonchev–Trinajstić information content (AvgIpc) is 2.41. The van der Waals surface area contributed by atoms with E-state index in [2.05, 4.69) is 5.10 Å². The van der Waals surface area contributed by atoms with E-state index >= 15 is 0 Å². The fourth-order valence-corrected chi connectivity index (χ4v) is 2.03. The molecule has 84 valence electrons. The fraction of sp³-hybridized carbons (Fsp3) is 0.556. The summed E-state index contributed by atoms with van der Waals surface area (Å²) in [5.41, 5.74) is -0.835. The molecule has 0 aliphatic carbocycles. The molecule has 0 aliphatic rings. The van der Waals surface area contributed by atoms with Crippen LogP contribution >= 0.6 is 11.8 Å². The van der Waals surface area contributed by atoms with E-state index in [0.29, 0.717) is 0 Å². The maximum absolute atomic E-state index is 10.6. The van der Waals surface area contributed by atoms with Crippen molar-refractivity contribution in [1.29, 1.82) is 0 Å². The predicted octanol–water partition coefficient (Wildman–Crippen LogP) is 0.656. The maximum atomic E-state index is 10.6. The van der Waals surface area contributed by atoms with E-state index in [1.165, 1.54) is 18.7 Å². The lowest BCUT2D eigenvalue weighted by molar-refractivity contribution is -0.154. The third kappa shape index (κ3) is 2.97. The molecule has 0 spiro atoms. The Balaban J connectivity index is 2.65. The van der Waals surface area contributed by atoms with Crippen LogP contribution in [0.15, 0.2) is 11.1 Å². The molecule has 1 heterocycles. The molecule has 2 N–H and O–H groups in total. The van der Waals surface area contributed by atoms with Crippen molar-refractivity contribution in [3.05, 3.63) is 11.8 Å².